The van der Waals surface area contributed by atoms with E-state index in [1.807, 2.05) is 30.3 Å². The summed E-state index contributed by atoms with van der Waals surface area (Å²) in [5.41, 5.74) is 7.00. The van der Waals surface area contributed by atoms with Gasteiger partial charge in [0.2, 0.25) is 0 Å². The number of carbonyl (C=O) groups excluding carboxylic acids is 2. The molecule has 3 aromatic rings. The van der Waals surface area contributed by atoms with Gasteiger partial charge in [0.05, 0.1) is 10.7 Å². The normalized spacial score (nSPS) is 10.4. The van der Waals surface area contributed by atoms with Crippen molar-refractivity contribution in [3.05, 3.63) is 86.3 Å². The van der Waals surface area contributed by atoms with Gasteiger partial charge in [0.25, 0.3) is 11.8 Å². The van der Waals surface area contributed by atoms with Crippen LogP contribution < -0.4 is 10.9 Å². The van der Waals surface area contributed by atoms with Crippen molar-refractivity contribution < 1.29 is 9.59 Å². The summed E-state index contributed by atoms with van der Waals surface area (Å²) in [6.07, 6.45) is 0.663. The predicted molar refractivity (Wildman–Crippen MR) is 102 cm³/mol. The summed E-state index contributed by atoms with van der Waals surface area (Å²) < 4.78 is 0. The Morgan fingerprint density at radius 1 is 1.00 bits per heavy atom. The number of nitrogens with zero attached hydrogens (tertiary/aromatic N) is 1. The highest BCUT2D eigenvalue weighted by molar-refractivity contribution is 7.13. The van der Waals surface area contributed by atoms with Crippen molar-refractivity contribution in [1.82, 2.24) is 15.8 Å². The molecule has 0 unspecified atom stereocenters. The van der Waals surface area contributed by atoms with Crippen LogP contribution >= 0.6 is 22.9 Å². The number of hydrogen-bond acceptors (Lipinski definition) is 4. The molecule has 2 N–H and O–H groups in total. The fourth-order valence-electron chi connectivity index (χ4n) is 2.35. The molecule has 26 heavy (non-hydrogen) atoms. The average molecular weight is 386 g/mol. The van der Waals surface area contributed by atoms with Gasteiger partial charge in [-0.3, -0.25) is 20.4 Å². The second-order valence-corrected chi connectivity index (χ2v) is 7.12. The number of amides is 2. The lowest BCUT2D eigenvalue weighted by atomic mass is 10.2. The topological polar surface area (TPSA) is 71.1 Å². The molecular weight excluding hydrogens is 370 g/mol. The maximum atomic E-state index is 12.3. The molecule has 0 aliphatic heterocycles. The lowest BCUT2D eigenvalue weighted by Gasteiger charge is -2.06. The maximum Gasteiger partial charge on any atom is 0.281 e. The number of halogens is 1. The second kappa shape index (κ2) is 8.12. The number of aryl methyl sites for hydroxylation is 1. The van der Waals surface area contributed by atoms with Crippen molar-refractivity contribution in [1.29, 1.82) is 0 Å². The van der Waals surface area contributed by atoms with Crippen LogP contribution in [0.4, 0.5) is 0 Å². The number of benzene rings is 2. The molecule has 0 saturated carbocycles. The van der Waals surface area contributed by atoms with E-state index in [9.17, 15) is 9.59 Å². The summed E-state index contributed by atoms with van der Waals surface area (Å²) in [4.78, 5) is 29.3. The van der Waals surface area contributed by atoms with E-state index in [4.69, 9.17) is 11.6 Å². The Morgan fingerprint density at radius 2 is 1.65 bits per heavy atom. The van der Waals surface area contributed by atoms with Crippen LogP contribution in [0.1, 0.15) is 36.3 Å². The average Bonchev–Trinajstić information content (AvgIpc) is 3.01. The molecule has 0 aliphatic carbocycles. The van der Waals surface area contributed by atoms with Gasteiger partial charge in [0, 0.05) is 17.0 Å². The van der Waals surface area contributed by atoms with Crippen molar-refractivity contribution in [3.63, 3.8) is 0 Å². The van der Waals surface area contributed by atoms with E-state index >= 15 is 0 Å². The minimum atomic E-state index is -0.415. The first-order valence-corrected chi connectivity index (χ1v) is 9.09. The van der Waals surface area contributed by atoms with Crippen molar-refractivity contribution >= 4 is 34.8 Å². The number of rotatable bonds is 4. The second-order valence-electron chi connectivity index (χ2n) is 5.60. The number of aromatic nitrogens is 1. The molecule has 0 saturated heterocycles. The highest BCUT2D eigenvalue weighted by Gasteiger charge is 2.16. The Balaban J connectivity index is 1.62. The van der Waals surface area contributed by atoms with Crippen LogP contribution in [0, 0.1) is 6.92 Å². The summed E-state index contributed by atoms with van der Waals surface area (Å²) in [5, 5.41) is 1.39. The molecule has 5 nitrogen and oxygen atoms in total. The van der Waals surface area contributed by atoms with Gasteiger partial charge in [-0.1, -0.05) is 41.9 Å². The van der Waals surface area contributed by atoms with Crippen molar-refractivity contribution in [2.45, 2.75) is 13.3 Å². The molecule has 2 aromatic carbocycles. The molecule has 0 radical (unpaired) electrons. The minimum absolute atomic E-state index is 0.387. The van der Waals surface area contributed by atoms with E-state index in [0.29, 0.717) is 27.6 Å². The summed E-state index contributed by atoms with van der Waals surface area (Å²) in [6.45, 7) is 1.78. The Labute approximate surface area is 160 Å². The van der Waals surface area contributed by atoms with E-state index in [1.54, 1.807) is 31.2 Å². The van der Waals surface area contributed by atoms with Crippen LogP contribution in [-0.4, -0.2) is 16.8 Å². The smallest absolute Gasteiger partial charge is 0.267 e. The Bertz CT molecular complexity index is 924. The van der Waals surface area contributed by atoms with E-state index in [2.05, 4.69) is 15.8 Å². The number of carbonyl (C=O) groups is 2. The molecular formula is C19H16ClN3O2S. The fraction of sp³-hybridized carbons (Fsp3) is 0.105. The molecule has 0 fully saturated rings. The summed E-state index contributed by atoms with van der Waals surface area (Å²) in [6, 6.07) is 16.3. The monoisotopic (exact) mass is 385 g/mol. The van der Waals surface area contributed by atoms with Gasteiger partial charge in [-0.05, 0) is 36.8 Å². The van der Waals surface area contributed by atoms with Gasteiger partial charge in [0.15, 0.2) is 0 Å². The standard InChI is InChI=1S/C19H16ClN3O2S/c1-12-17(26-16(21-12)11-13-5-3-2-4-6-13)19(25)23-22-18(24)14-7-9-15(20)10-8-14/h2-10H,11H2,1H3,(H,22,24)(H,23,25). The molecule has 7 heteroatoms. The molecule has 0 bridgehead atoms. The molecule has 0 aliphatic rings. The summed E-state index contributed by atoms with van der Waals surface area (Å²) in [5.74, 6) is -0.802. The molecule has 132 valence electrons. The Hall–Kier alpha value is -2.70. The van der Waals surface area contributed by atoms with E-state index in [1.165, 1.54) is 11.3 Å². The molecule has 3 rings (SSSR count). The van der Waals surface area contributed by atoms with Crippen LogP contribution in [0.25, 0.3) is 0 Å². The number of hydrogen-bond donors (Lipinski definition) is 2. The van der Waals surface area contributed by atoms with Crippen LogP contribution in [0.15, 0.2) is 54.6 Å². The lowest BCUT2D eigenvalue weighted by molar-refractivity contribution is 0.0848. The quantitative estimate of drug-likeness (QED) is 0.671. The minimum Gasteiger partial charge on any atom is -0.267 e. The van der Waals surface area contributed by atoms with Gasteiger partial charge < -0.3 is 0 Å². The van der Waals surface area contributed by atoms with Crippen molar-refractivity contribution in [3.8, 4) is 0 Å². The number of hydrazine groups is 1. The number of thiazole rings is 1. The third kappa shape index (κ3) is 4.47. The van der Waals surface area contributed by atoms with Crippen LogP contribution in [0.2, 0.25) is 5.02 Å². The first-order chi connectivity index (χ1) is 12.5. The molecule has 2 amide bonds. The van der Waals surface area contributed by atoms with E-state index < -0.39 is 5.91 Å². The van der Waals surface area contributed by atoms with E-state index in [-0.39, 0.29) is 5.91 Å². The van der Waals surface area contributed by atoms with Gasteiger partial charge in [-0.2, -0.15) is 0 Å². The zero-order chi connectivity index (χ0) is 18.5. The van der Waals surface area contributed by atoms with E-state index in [0.717, 1.165) is 10.6 Å². The lowest BCUT2D eigenvalue weighted by Crippen LogP contribution is -2.41. The predicted octanol–water partition coefficient (Wildman–Crippen LogP) is 3.77. The maximum absolute atomic E-state index is 12.3. The Kier molecular flexibility index (Phi) is 5.65. The SMILES string of the molecule is Cc1nc(Cc2ccccc2)sc1C(=O)NNC(=O)c1ccc(Cl)cc1. The third-order valence-corrected chi connectivity index (χ3v) is 5.05. The molecule has 1 aromatic heterocycles. The molecule has 0 atom stereocenters. The van der Waals surface area contributed by atoms with Gasteiger partial charge >= 0.3 is 0 Å². The highest BCUT2D eigenvalue weighted by atomic mass is 35.5. The molecule has 1 heterocycles. The third-order valence-electron chi connectivity index (χ3n) is 3.64. The van der Waals surface area contributed by atoms with Crippen molar-refractivity contribution in [2.24, 2.45) is 0 Å². The zero-order valence-corrected chi connectivity index (χ0v) is 15.5. The molecule has 0 spiro atoms. The Morgan fingerprint density at radius 3 is 2.35 bits per heavy atom. The largest absolute Gasteiger partial charge is 0.281 e. The first kappa shape index (κ1) is 18.1. The summed E-state index contributed by atoms with van der Waals surface area (Å²) in [7, 11) is 0. The van der Waals surface area contributed by atoms with Crippen LogP contribution in [-0.2, 0) is 6.42 Å². The van der Waals surface area contributed by atoms with Crippen LogP contribution in [0.3, 0.4) is 0 Å². The zero-order valence-electron chi connectivity index (χ0n) is 14.0. The van der Waals surface area contributed by atoms with Gasteiger partial charge in [-0.25, -0.2) is 4.98 Å². The van der Waals surface area contributed by atoms with Crippen molar-refractivity contribution in [2.75, 3.05) is 0 Å². The van der Waals surface area contributed by atoms with Crippen LogP contribution in [0.5, 0.6) is 0 Å². The fourth-order valence-corrected chi connectivity index (χ4v) is 3.47. The van der Waals surface area contributed by atoms with Gasteiger partial charge in [-0.15, -0.1) is 11.3 Å². The number of nitrogens with one attached hydrogen (secondary N) is 2. The van der Waals surface area contributed by atoms with Gasteiger partial charge in [0.1, 0.15) is 4.88 Å². The summed E-state index contributed by atoms with van der Waals surface area (Å²) >= 11 is 7.11. The highest BCUT2D eigenvalue weighted by Crippen LogP contribution is 2.20. The first-order valence-electron chi connectivity index (χ1n) is 7.89.